The van der Waals surface area contributed by atoms with Gasteiger partial charge < -0.3 is 10.0 Å². The zero-order valence-corrected chi connectivity index (χ0v) is 13.8. The Morgan fingerprint density at radius 1 is 1.48 bits per heavy atom. The topological polar surface area (TPSA) is 69.2 Å². The summed E-state index contributed by atoms with van der Waals surface area (Å²) < 4.78 is 0. The van der Waals surface area contributed by atoms with Gasteiger partial charge in [-0.1, -0.05) is 41.9 Å². The van der Waals surface area contributed by atoms with Crippen molar-refractivity contribution in [1.82, 2.24) is 15.1 Å². The molecule has 2 atom stereocenters. The number of piperidine rings is 1. The number of halogens is 1. The van der Waals surface area contributed by atoms with E-state index in [0.717, 1.165) is 12.0 Å². The van der Waals surface area contributed by atoms with Crippen molar-refractivity contribution in [1.29, 1.82) is 0 Å². The minimum atomic E-state index is -0.787. The van der Waals surface area contributed by atoms with Gasteiger partial charge in [-0.2, -0.15) is 5.10 Å². The van der Waals surface area contributed by atoms with Gasteiger partial charge in [0.1, 0.15) is 5.69 Å². The molecule has 1 aromatic carbocycles. The Labute approximate surface area is 140 Å². The lowest BCUT2D eigenvalue weighted by Crippen LogP contribution is -2.52. The van der Waals surface area contributed by atoms with Gasteiger partial charge in [-0.3, -0.25) is 9.89 Å². The molecule has 1 amide bonds. The fourth-order valence-corrected chi connectivity index (χ4v) is 3.24. The third-order valence-electron chi connectivity index (χ3n) is 4.63. The van der Waals surface area contributed by atoms with E-state index in [9.17, 15) is 9.90 Å². The van der Waals surface area contributed by atoms with Crippen LogP contribution in [-0.2, 0) is 6.42 Å². The van der Waals surface area contributed by atoms with Crippen LogP contribution in [0.15, 0.2) is 36.5 Å². The number of nitrogens with zero attached hydrogens (tertiary/aromatic N) is 2. The number of rotatable bonds is 3. The Morgan fingerprint density at radius 3 is 2.87 bits per heavy atom. The van der Waals surface area contributed by atoms with Gasteiger partial charge in [0.05, 0.1) is 16.8 Å². The number of H-pyrrole nitrogens is 1. The van der Waals surface area contributed by atoms with Crippen LogP contribution in [-0.4, -0.2) is 44.8 Å². The Balaban J connectivity index is 1.76. The molecule has 3 rings (SSSR count). The van der Waals surface area contributed by atoms with Crippen LogP contribution < -0.4 is 0 Å². The van der Waals surface area contributed by atoms with E-state index in [-0.39, 0.29) is 11.8 Å². The number of hydrogen-bond acceptors (Lipinski definition) is 3. The maximum absolute atomic E-state index is 12.6. The molecule has 2 aromatic rings. The van der Waals surface area contributed by atoms with Crippen LogP contribution in [0.4, 0.5) is 0 Å². The molecule has 23 heavy (non-hydrogen) atoms. The average Bonchev–Trinajstić information content (AvgIpc) is 2.96. The molecular formula is C17H20ClN3O2. The minimum Gasteiger partial charge on any atom is -0.390 e. The molecule has 6 heteroatoms. The molecule has 0 radical (unpaired) electrons. The highest BCUT2D eigenvalue weighted by atomic mass is 35.5. The number of amides is 1. The molecule has 2 heterocycles. The summed E-state index contributed by atoms with van der Waals surface area (Å²) in [7, 11) is 0. The maximum Gasteiger partial charge on any atom is 0.273 e. The van der Waals surface area contributed by atoms with Crippen LogP contribution in [0.3, 0.4) is 0 Å². The first kappa shape index (κ1) is 16.0. The van der Waals surface area contributed by atoms with Crippen molar-refractivity contribution in [3.8, 4) is 0 Å². The molecule has 1 aromatic heterocycles. The highest BCUT2D eigenvalue weighted by Gasteiger charge is 2.39. The standard InChI is InChI=1S/C17H20ClN3O2/c1-17(23)7-8-21(16(22)15-14(18)10-19-20-15)11-13(17)9-12-5-3-2-4-6-12/h2-6,10,13,23H,7-9,11H2,1H3,(H,19,20)/t13-,17+/m0/s1. The molecule has 0 aliphatic carbocycles. The van der Waals surface area contributed by atoms with E-state index in [0.29, 0.717) is 30.2 Å². The van der Waals surface area contributed by atoms with Crippen LogP contribution in [0.1, 0.15) is 29.4 Å². The minimum absolute atomic E-state index is 0.0238. The molecule has 5 nitrogen and oxygen atoms in total. The molecule has 0 spiro atoms. The lowest BCUT2D eigenvalue weighted by Gasteiger charge is -2.42. The number of aromatic nitrogens is 2. The number of hydrogen-bond donors (Lipinski definition) is 2. The first-order valence-electron chi connectivity index (χ1n) is 7.72. The van der Waals surface area contributed by atoms with Crippen molar-refractivity contribution in [2.45, 2.75) is 25.4 Å². The number of aliphatic hydroxyl groups is 1. The third-order valence-corrected chi connectivity index (χ3v) is 4.91. The molecular weight excluding hydrogens is 314 g/mol. The van der Waals surface area contributed by atoms with Crippen molar-refractivity contribution in [2.24, 2.45) is 5.92 Å². The number of nitrogens with one attached hydrogen (secondary N) is 1. The zero-order chi connectivity index (χ0) is 16.4. The molecule has 0 unspecified atom stereocenters. The van der Waals surface area contributed by atoms with Crippen LogP contribution in [0.2, 0.25) is 5.02 Å². The summed E-state index contributed by atoms with van der Waals surface area (Å²) in [6.07, 6.45) is 2.70. The maximum atomic E-state index is 12.6. The summed E-state index contributed by atoms with van der Waals surface area (Å²) in [6.45, 7) is 2.86. The lowest BCUT2D eigenvalue weighted by atomic mass is 9.79. The molecule has 0 saturated carbocycles. The summed E-state index contributed by atoms with van der Waals surface area (Å²) in [5.41, 5.74) is 0.683. The lowest BCUT2D eigenvalue weighted by molar-refractivity contribution is -0.0508. The van der Waals surface area contributed by atoms with Crippen LogP contribution in [0.25, 0.3) is 0 Å². The van der Waals surface area contributed by atoms with Gasteiger partial charge in [-0.15, -0.1) is 0 Å². The smallest absolute Gasteiger partial charge is 0.273 e. The number of aromatic amines is 1. The van der Waals surface area contributed by atoms with Gasteiger partial charge >= 0.3 is 0 Å². The number of carbonyl (C=O) groups excluding carboxylic acids is 1. The van der Waals surface area contributed by atoms with Gasteiger partial charge in [0, 0.05) is 19.0 Å². The summed E-state index contributed by atoms with van der Waals surface area (Å²) in [6, 6.07) is 10.0. The Kier molecular flexibility index (Phi) is 4.41. The second-order valence-corrected chi connectivity index (χ2v) is 6.75. The quantitative estimate of drug-likeness (QED) is 0.906. The molecule has 2 N–H and O–H groups in total. The van der Waals surface area contributed by atoms with Crippen molar-refractivity contribution in [3.63, 3.8) is 0 Å². The highest BCUT2D eigenvalue weighted by molar-refractivity contribution is 6.33. The van der Waals surface area contributed by atoms with Gasteiger partial charge in [0.25, 0.3) is 5.91 Å². The van der Waals surface area contributed by atoms with Gasteiger partial charge in [0.15, 0.2) is 0 Å². The summed E-state index contributed by atoms with van der Waals surface area (Å²) in [5, 5.41) is 17.5. The predicted molar refractivity (Wildman–Crippen MR) is 88.4 cm³/mol. The summed E-state index contributed by atoms with van der Waals surface area (Å²) >= 11 is 5.99. The van der Waals surface area contributed by atoms with Crippen LogP contribution >= 0.6 is 11.6 Å². The fraction of sp³-hybridized carbons (Fsp3) is 0.412. The van der Waals surface area contributed by atoms with Crippen molar-refractivity contribution < 1.29 is 9.90 Å². The Hall–Kier alpha value is -1.85. The Morgan fingerprint density at radius 2 is 2.22 bits per heavy atom. The van der Waals surface area contributed by atoms with Crippen molar-refractivity contribution in [2.75, 3.05) is 13.1 Å². The van der Waals surface area contributed by atoms with E-state index in [4.69, 9.17) is 11.6 Å². The zero-order valence-electron chi connectivity index (χ0n) is 13.0. The van der Waals surface area contributed by atoms with E-state index >= 15 is 0 Å². The number of likely N-dealkylation sites (tertiary alicyclic amines) is 1. The highest BCUT2D eigenvalue weighted by Crippen LogP contribution is 2.31. The van der Waals surface area contributed by atoms with Crippen molar-refractivity contribution in [3.05, 3.63) is 52.8 Å². The van der Waals surface area contributed by atoms with Gasteiger partial charge in [-0.25, -0.2) is 0 Å². The first-order valence-corrected chi connectivity index (χ1v) is 8.09. The normalized spacial score (nSPS) is 24.7. The number of benzene rings is 1. The molecule has 1 aliphatic rings. The van der Waals surface area contributed by atoms with E-state index in [2.05, 4.69) is 10.2 Å². The first-order chi connectivity index (χ1) is 11.0. The van der Waals surface area contributed by atoms with E-state index in [1.807, 2.05) is 37.3 Å². The second kappa shape index (κ2) is 6.34. The SMILES string of the molecule is C[C@@]1(O)CCN(C(=O)c2[nH]ncc2Cl)C[C@@H]1Cc1ccccc1. The average molecular weight is 334 g/mol. The van der Waals surface area contributed by atoms with Crippen LogP contribution in [0, 0.1) is 5.92 Å². The van der Waals surface area contributed by atoms with Crippen LogP contribution in [0.5, 0.6) is 0 Å². The van der Waals surface area contributed by atoms with Gasteiger partial charge in [-0.05, 0) is 25.3 Å². The third kappa shape index (κ3) is 3.41. The van der Waals surface area contributed by atoms with E-state index in [1.165, 1.54) is 6.20 Å². The van der Waals surface area contributed by atoms with Gasteiger partial charge in [0.2, 0.25) is 0 Å². The molecule has 1 aliphatic heterocycles. The second-order valence-electron chi connectivity index (χ2n) is 6.34. The largest absolute Gasteiger partial charge is 0.390 e. The Bertz CT molecular complexity index is 684. The molecule has 1 fully saturated rings. The molecule has 1 saturated heterocycles. The number of carbonyl (C=O) groups is 1. The van der Waals surface area contributed by atoms with E-state index < -0.39 is 5.60 Å². The summed E-state index contributed by atoms with van der Waals surface area (Å²) in [4.78, 5) is 14.3. The fourth-order valence-electron chi connectivity index (χ4n) is 3.07. The van der Waals surface area contributed by atoms with E-state index in [1.54, 1.807) is 4.90 Å². The molecule has 122 valence electrons. The van der Waals surface area contributed by atoms with Crippen molar-refractivity contribution >= 4 is 17.5 Å². The molecule has 0 bridgehead atoms. The monoisotopic (exact) mass is 333 g/mol. The summed E-state index contributed by atoms with van der Waals surface area (Å²) in [5.74, 6) is -0.189. The predicted octanol–water partition coefficient (Wildman–Crippen LogP) is 2.52.